The Balaban J connectivity index is 2.39. The third kappa shape index (κ3) is 4.18. The van der Waals surface area contributed by atoms with E-state index in [4.69, 9.17) is 9.47 Å². The molecule has 5 heteroatoms. The van der Waals surface area contributed by atoms with Gasteiger partial charge >= 0.3 is 11.9 Å². The van der Waals surface area contributed by atoms with Crippen LogP contribution in [0.1, 0.15) is 26.7 Å². The molecule has 0 aromatic carbocycles. The highest BCUT2D eigenvalue weighted by Crippen LogP contribution is 2.32. The number of ether oxygens (including phenoxy) is 2. The number of rotatable bonds is 4. The number of hydrogen-bond acceptors (Lipinski definition) is 5. The van der Waals surface area contributed by atoms with Crippen molar-refractivity contribution in [1.29, 1.82) is 0 Å². The van der Waals surface area contributed by atoms with Gasteiger partial charge in [-0.05, 0) is 12.8 Å². The summed E-state index contributed by atoms with van der Waals surface area (Å²) in [5, 5.41) is 9.52. The number of carbonyl (C=O) groups is 2. The largest absolute Gasteiger partial charge is 0.466 e. The first-order chi connectivity index (χ1) is 7.49. The number of hydrogen-bond donors (Lipinski definition) is 1. The number of esters is 2. The van der Waals surface area contributed by atoms with Crippen LogP contribution < -0.4 is 0 Å². The SMILES string of the molecule is CC(=O)OC[C@@H]1CC(O)C[C@H]1COC(C)=O. The summed E-state index contributed by atoms with van der Waals surface area (Å²) in [6.45, 7) is 3.29. The highest BCUT2D eigenvalue weighted by Gasteiger charge is 2.34. The van der Waals surface area contributed by atoms with E-state index in [1.54, 1.807) is 0 Å². The lowest BCUT2D eigenvalue weighted by atomic mass is 9.98. The van der Waals surface area contributed by atoms with E-state index in [0.29, 0.717) is 26.1 Å². The molecule has 0 bridgehead atoms. The molecule has 1 aliphatic carbocycles. The van der Waals surface area contributed by atoms with Crippen LogP contribution in [-0.4, -0.2) is 36.4 Å². The molecular formula is C11H18O5. The van der Waals surface area contributed by atoms with Crippen molar-refractivity contribution in [3.63, 3.8) is 0 Å². The second-order valence-corrected chi connectivity index (χ2v) is 4.25. The van der Waals surface area contributed by atoms with Gasteiger partial charge in [0.2, 0.25) is 0 Å². The predicted molar refractivity (Wildman–Crippen MR) is 55.5 cm³/mol. The zero-order valence-corrected chi connectivity index (χ0v) is 9.64. The van der Waals surface area contributed by atoms with E-state index in [1.807, 2.05) is 0 Å². The molecule has 5 nitrogen and oxygen atoms in total. The van der Waals surface area contributed by atoms with E-state index in [1.165, 1.54) is 13.8 Å². The highest BCUT2D eigenvalue weighted by molar-refractivity contribution is 5.66. The fourth-order valence-corrected chi connectivity index (χ4v) is 2.04. The quantitative estimate of drug-likeness (QED) is 0.712. The van der Waals surface area contributed by atoms with E-state index in [0.717, 1.165) is 0 Å². The maximum Gasteiger partial charge on any atom is 0.302 e. The Labute approximate surface area is 94.7 Å². The van der Waals surface area contributed by atoms with Crippen LogP contribution >= 0.6 is 0 Å². The second kappa shape index (κ2) is 5.84. The van der Waals surface area contributed by atoms with Crippen molar-refractivity contribution in [1.82, 2.24) is 0 Å². The van der Waals surface area contributed by atoms with E-state index >= 15 is 0 Å². The van der Waals surface area contributed by atoms with Crippen molar-refractivity contribution in [2.45, 2.75) is 32.8 Å². The maximum atomic E-state index is 10.7. The zero-order valence-electron chi connectivity index (χ0n) is 9.64. The predicted octanol–water partition coefficient (Wildman–Crippen LogP) is 0.500. The van der Waals surface area contributed by atoms with Crippen LogP contribution in [0.4, 0.5) is 0 Å². The zero-order chi connectivity index (χ0) is 12.1. The summed E-state index contributed by atoms with van der Waals surface area (Å²) < 4.78 is 9.84. The molecular weight excluding hydrogens is 212 g/mol. The van der Waals surface area contributed by atoms with Gasteiger partial charge in [-0.3, -0.25) is 9.59 Å². The van der Waals surface area contributed by atoms with Crippen LogP contribution in [0.5, 0.6) is 0 Å². The van der Waals surface area contributed by atoms with Crippen LogP contribution in [-0.2, 0) is 19.1 Å². The monoisotopic (exact) mass is 230 g/mol. The molecule has 1 fully saturated rings. The molecule has 0 aliphatic heterocycles. The van der Waals surface area contributed by atoms with Crippen LogP contribution in [0.2, 0.25) is 0 Å². The van der Waals surface area contributed by atoms with Gasteiger partial charge in [0.1, 0.15) is 0 Å². The smallest absolute Gasteiger partial charge is 0.302 e. The van der Waals surface area contributed by atoms with Crippen LogP contribution in [0.3, 0.4) is 0 Å². The molecule has 0 heterocycles. The van der Waals surface area contributed by atoms with Crippen LogP contribution in [0.15, 0.2) is 0 Å². The lowest BCUT2D eigenvalue weighted by Crippen LogP contribution is -2.21. The van der Waals surface area contributed by atoms with E-state index in [2.05, 4.69) is 0 Å². The van der Waals surface area contributed by atoms with Gasteiger partial charge in [-0.2, -0.15) is 0 Å². The van der Waals surface area contributed by atoms with Gasteiger partial charge in [-0.25, -0.2) is 0 Å². The second-order valence-electron chi connectivity index (χ2n) is 4.25. The topological polar surface area (TPSA) is 72.8 Å². The normalized spacial score (nSPS) is 25.4. The van der Waals surface area contributed by atoms with Crippen molar-refractivity contribution in [2.24, 2.45) is 11.8 Å². The van der Waals surface area contributed by atoms with Crippen LogP contribution in [0.25, 0.3) is 0 Å². The molecule has 0 unspecified atom stereocenters. The Hall–Kier alpha value is -1.10. The molecule has 0 aromatic heterocycles. The summed E-state index contributed by atoms with van der Waals surface area (Å²) in [6.07, 6.45) is 0.805. The molecule has 16 heavy (non-hydrogen) atoms. The Bertz CT molecular complexity index is 237. The number of aliphatic hydroxyl groups is 1. The fraction of sp³-hybridized carbons (Fsp3) is 0.818. The molecule has 2 atom stereocenters. The average Bonchev–Trinajstić information content (AvgIpc) is 2.52. The molecule has 1 aliphatic rings. The lowest BCUT2D eigenvalue weighted by molar-refractivity contribution is -0.146. The molecule has 0 spiro atoms. The van der Waals surface area contributed by atoms with Crippen molar-refractivity contribution >= 4 is 11.9 Å². The molecule has 1 rings (SSSR count). The van der Waals surface area contributed by atoms with Gasteiger partial charge in [-0.15, -0.1) is 0 Å². The standard InChI is InChI=1S/C11H18O5/c1-7(12)15-5-9-3-11(14)4-10(9)6-16-8(2)13/h9-11,14H,3-6H2,1-2H3/t9-,10-/m0/s1. The summed E-state index contributed by atoms with van der Waals surface area (Å²) in [6, 6.07) is 0. The highest BCUT2D eigenvalue weighted by atomic mass is 16.5. The number of aliphatic hydroxyl groups excluding tert-OH is 1. The van der Waals surface area contributed by atoms with Gasteiger partial charge in [0.15, 0.2) is 0 Å². The minimum Gasteiger partial charge on any atom is -0.466 e. The van der Waals surface area contributed by atoms with Gasteiger partial charge in [0, 0.05) is 25.7 Å². The van der Waals surface area contributed by atoms with E-state index < -0.39 is 0 Å². The summed E-state index contributed by atoms with van der Waals surface area (Å²) in [7, 11) is 0. The Morgan fingerprint density at radius 3 is 1.75 bits per heavy atom. The van der Waals surface area contributed by atoms with E-state index in [9.17, 15) is 14.7 Å². The minimum absolute atomic E-state index is 0.0817. The number of carbonyl (C=O) groups excluding carboxylic acids is 2. The fourth-order valence-electron chi connectivity index (χ4n) is 2.04. The van der Waals surface area contributed by atoms with Gasteiger partial charge in [-0.1, -0.05) is 0 Å². The lowest BCUT2D eigenvalue weighted by Gasteiger charge is -2.18. The van der Waals surface area contributed by atoms with Crippen molar-refractivity contribution in [3.05, 3.63) is 0 Å². The van der Waals surface area contributed by atoms with Gasteiger partial charge in [0.25, 0.3) is 0 Å². The summed E-state index contributed by atoms with van der Waals surface area (Å²) in [5.41, 5.74) is 0. The Morgan fingerprint density at radius 1 is 1.06 bits per heavy atom. The minimum atomic E-state index is -0.388. The molecule has 1 saturated carbocycles. The molecule has 1 N–H and O–H groups in total. The van der Waals surface area contributed by atoms with Crippen molar-refractivity contribution in [3.8, 4) is 0 Å². The Morgan fingerprint density at radius 2 is 1.44 bits per heavy atom. The van der Waals surface area contributed by atoms with E-state index in [-0.39, 0.29) is 29.9 Å². The first kappa shape index (κ1) is 13.0. The third-order valence-corrected chi connectivity index (χ3v) is 2.82. The summed E-state index contributed by atoms with van der Waals surface area (Å²) in [4.78, 5) is 21.4. The summed E-state index contributed by atoms with van der Waals surface area (Å²) >= 11 is 0. The van der Waals surface area contributed by atoms with Crippen molar-refractivity contribution in [2.75, 3.05) is 13.2 Å². The first-order valence-corrected chi connectivity index (χ1v) is 5.43. The molecule has 0 radical (unpaired) electrons. The third-order valence-electron chi connectivity index (χ3n) is 2.82. The first-order valence-electron chi connectivity index (χ1n) is 5.43. The molecule has 0 aromatic rings. The maximum absolute atomic E-state index is 10.7. The summed E-state index contributed by atoms with van der Waals surface area (Å²) in [5.74, 6) is -0.489. The van der Waals surface area contributed by atoms with Crippen molar-refractivity contribution < 1.29 is 24.2 Å². The molecule has 0 amide bonds. The van der Waals surface area contributed by atoms with Gasteiger partial charge in [0.05, 0.1) is 19.3 Å². The average molecular weight is 230 g/mol. The molecule has 92 valence electrons. The van der Waals surface area contributed by atoms with Gasteiger partial charge < -0.3 is 14.6 Å². The molecule has 0 saturated heterocycles. The van der Waals surface area contributed by atoms with Crippen LogP contribution in [0, 0.1) is 11.8 Å². The Kier molecular flexibility index (Phi) is 4.73.